The summed E-state index contributed by atoms with van der Waals surface area (Å²) in [7, 11) is -0.930. The van der Waals surface area contributed by atoms with Gasteiger partial charge in [-0.2, -0.15) is 0 Å². The van der Waals surface area contributed by atoms with Crippen LogP contribution in [0.25, 0.3) is 0 Å². The van der Waals surface area contributed by atoms with Crippen LogP contribution in [0.3, 0.4) is 0 Å². The Bertz CT molecular complexity index is 501. The van der Waals surface area contributed by atoms with E-state index in [2.05, 4.69) is 0 Å². The van der Waals surface area contributed by atoms with Crippen molar-refractivity contribution in [3.63, 3.8) is 0 Å². The van der Waals surface area contributed by atoms with Crippen LogP contribution in [0.2, 0.25) is 6.82 Å². The van der Waals surface area contributed by atoms with Crippen LogP contribution in [0, 0.1) is 0 Å². The van der Waals surface area contributed by atoms with E-state index in [0.29, 0.717) is 0 Å². The number of hydrogen-bond donors (Lipinski definition) is 3. The maximum atomic E-state index is 10.5. The van der Waals surface area contributed by atoms with Gasteiger partial charge in [0, 0.05) is 6.42 Å². The molecule has 1 heterocycles. The molecule has 0 bridgehead atoms. The zero-order valence-corrected chi connectivity index (χ0v) is 18.6. The quantitative estimate of drug-likeness (QED) is 0.519. The molecule has 1 fully saturated rings. The van der Waals surface area contributed by atoms with Crippen LogP contribution in [0.15, 0.2) is 0 Å². The number of hydrogen-bond acceptors (Lipinski definition) is 7. The fraction of sp³-hybridized carbons (Fsp3) is 1.00. The third-order valence-corrected chi connectivity index (χ3v) is 5.77. The third kappa shape index (κ3) is 5.92. The Balaban J connectivity index is 2.73. The number of aliphatic hydroxyl groups is 3. The molecule has 0 amide bonds. The smallest absolute Gasteiger partial charge is 0.447 e. The standard InChI is InChI=1S/C18H38B2O7/c1-13(21)18(9)16(6,7)25-20(26-18)27-19(10)12-24-17(8,15(4,5)23)11-14(2,3)22/h13,21-23H,11-12H2,1-10H3. The molecular weight excluding hydrogens is 350 g/mol. The summed E-state index contributed by atoms with van der Waals surface area (Å²) < 4.78 is 23.5. The minimum atomic E-state index is -1.17. The molecule has 0 spiro atoms. The monoisotopic (exact) mass is 388 g/mol. The Hall–Kier alpha value is -0.150. The lowest BCUT2D eigenvalue weighted by Gasteiger charge is -2.43. The molecule has 1 aliphatic heterocycles. The Labute approximate surface area is 165 Å². The van der Waals surface area contributed by atoms with E-state index in [1.807, 2.05) is 20.7 Å². The molecule has 0 aromatic rings. The molecule has 0 aliphatic carbocycles. The summed E-state index contributed by atoms with van der Waals surface area (Å²) in [5.41, 5.74) is -4.77. The fourth-order valence-corrected chi connectivity index (χ4v) is 3.18. The molecule has 27 heavy (non-hydrogen) atoms. The summed E-state index contributed by atoms with van der Waals surface area (Å²) in [6, 6.07) is 0. The highest BCUT2D eigenvalue weighted by molar-refractivity contribution is 6.59. The number of aliphatic hydroxyl groups excluding tert-OH is 1. The van der Waals surface area contributed by atoms with Crippen LogP contribution in [0.5, 0.6) is 0 Å². The molecule has 1 rings (SSSR count). The Morgan fingerprint density at radius 3 is 1.96 bits per heavy atom. The van der Waals surface area contributed by atoms with Crippen molar-refractivity contribution in [2.75, 3.05) is 6.51 Å². The van der Waals surface area contributed by atoms with Gasteiger partial charge in [0.25, 0.3) is 0 Å². The largest absolute Gasteiger partial charge is 0.624 e. The maximum Gasteiger partial charge on any atom is 0.624 e. The van der Waals surface area contributed by atoms with E-state index in [1.54, 1.807) is 48.5 Å². The minimum absolute atomic E-state index is 0.172. The molecule has 9 heteroatoms. The van der Waals surface area contributed by atoms with Crippen LogP contribution in [0.4, 0.5) is 0 Å². The third-order valence-electron chi connectivity index (χ3n) is 5.77. The lowest BCUT2D eigenvalue weighted by molar-refractivity contribution is -0.175. The number of rotatable bonds is 9. The van der Waals surface area contributed by atoms with Gasteiger partial charge in [0.1, 0.15) is 5.60 Å². The highest BCUT2D eigenvalue weighted by Crippen LogP contribution is 2.40. The van der Waals surface area contributed by atoms with Crippen molar-refractivity contribution in [2.45, 2.75) is 110 Å². The van der Waals surface area contributed by atoms with E-state index in [-0.39, 0.29) is 12.9 Å². The molecular formula is C18H38B2O7. The highest BCUT2D eigenvalue weighted by Gasteiger charge is 2.58. The molecule has 0 aromatic heterocycles. The summed E-state index contributed by atoms with van der Waals surface area (Å²) in [4.78, 5) is 0. The van der Waals surface area contributed by atoms with Crippen LogP contribution in [0.1, 0.15) is 68.7 Å². The van der Waals surface area contributed by atoms with Gasteiger partial charge in [-0.05, 0) is 62.3 Å². The number of ether oxygens (including phenoxy) is 1. The first-order chi connectivity index (χ1) is 11.8. The van der Waals surface area contributed by atoms with E-state index in [1.165, 1.54) is 0 Å². The summed E-state index contributed by atoms with van der Waals surface area (Å²) in [6.45, 7) is 17.2. The van der Waals surface area contributed by atoms with Crippen LogP contribution >= 0.6 is 0 Å². The van der Waals surface area contributed by atoms with Crippen LogP contribution in [-0.4, -0.2) is 70.2 Å². The van der Waals surface area contributed by atoms with Gasteiger partial charge in [-0.25, -0.2) is 0 Å². The predicted molar refractivity (Wildman–Crippen MR) is 106 cm³/mol. The zero-order valence-electron chi connectivity index (χ0n) is 18.6. The zero-order chi connectivity index (χ0) is 21.5. The fourth-order valence-electron chi connectivity index (χ4n) is 3.18. The molecule has 1 aliphatic rings. The summed E-state index contributed by atoms with van der Waals surface area (Å²) in [6.07, 6.45) is -0.488. The van der Waals surface area contributed by atoms with Gasteiger partial charge < -0.3 is 33.9 Å². The van der Waals surface area contributed by atoms with E-state index in [9.17, 15) is 15.3 Å². The van der Waals surface area contributed by atoms with E-state index >= 15 is 0 Å². The topological polar surface area (TPSA) is 97.6 Å². The van der Waals surface area contributed by atoms with Crippen molar-refractivity contribution >= 4 is 14.2 Å². The molecule has 158 valence electrons. The average molecular weight is 388 g/mol. The Morgan fingerprint density at radius 1 is 1.07 bits per heavy atom. The molecule has 0 radical (unpaired) electrons. The predicted octanol–water partition coefficient (Wildman–Crippen LogP) is 1.82. The second kappa shape index (κ2) is 7.94. The Morgan fingerprint density at radius 2 is 1.59 bits per heavy atom. The lowest BCUT2D eigenvalue weighted by atomic mass is 9.70. The van der Waals surface area contributed by atoms with Gasteiger partial charge in [0.2, 0.25) is 0 Å². The van der Waals surface area contributed by atoms with Gasteiger partial charge in [-0.3, -0.25) is 0 Å². The summed E-state index contributed by atoms with van der Waals surface area (Å²) >= 11 is 0. The van der Waals surface area contributed by atoms with Crippen molar-refractivity contribution in [1.29, 1.82) is 0 Å². The maximum absolute atomic E-state index is 10.5. The van der Waals surface area contributed by atoms with Crippen molar-refractivity contribution in [1.82, 2.24) is 0 Å². The molecule has 0 saturated carbocycles. The van der Waals surface area contributed by atoms with Crippen LogP contribution < -0.4 is 0 Å². The summed E-state index contributed by atoms with van der Waals surface area (Å²) in [5.74, 6) is 0. The lowest BCUT2D eigenvalue weighted by Crippen LogP contribution is -2.54. The second-order valence-electron chi connectivity index (χ2n) is 9.85. The van der Waals surface area contributed by atoms with Gasteiger partial charge in [0.15, 0.2) is 0 Å². The average Bonchev–Trinajstić information content (AvgIpc) is 2.64. The molecule has 0 aromatic carbocycles. The van der Waals surface area contributed by atoms with E-state index in [0.717, 1.165) is 0 Å². The van der Waals surface area contributed by atoms with Crippen molar-refractivity contribution in [3.8, 4) is 0 Å². The first-order valence-electron chi connectivity index (χ1n) is 9.61. The minimum Gasteiger partial charge on any atom is -0.447 e. The van der Waals surface area contributed by atoms with E-state index < -0.39 is 48.3 Å². The Kier molecular flexibility index (Phi) is 7.31. The molecule has 1 saturated heterocycles. The normalized spacial score (nSPS) is 26.8. The van der Waals surface area contributed by atoms with Crippen LogP contribution in [-0.2, 0) is 18.6 Å². The van der Waals surface area contributed by atoms with Gasteiger partial charge in [-0.1, -0.05) is 6.82 Å². The van der Waals surface area contributed by atoms with Gasteiger partial charge >= 0.3 is 14.2 Å². The van der Waals surface area contributed by atoms with Crippen molar-refractivity contribution in [2.24, 2.45) is 0 Å². The molecule has 3 unspecified atom stereocenters. The van der Waals surface area contributed by atoms with Gasteiger partial charge in [0.05, 0.1) is 35.0 Å². The van der Waals surface area contributed by atoms with Crippen molar-refractivity contribution < 1.29 is 33.9 Å². The molecule has 3 N–H and O–H groups in total. The molecule has 3 atom stereocenters. The molecule has 7 nitrogen and oxygen atoms in total. The van der Waals surface area contributed by atoms with Gasteiger partial charge in [-0.15, -0.1) is 0 Å². The van der Waals surface area contributed by atoms with Crippen molar-refractivity contribution in [3.05, 3.63) is 0 Å². The first kappa shape index (κ1) is 24.9. The first-order valence-corrected chi connectivity index (χ1v) is 9.61. The van der Waals surface area contributed by atoms with E-state index in [4.69, 9.17) is 18.6 Å². The second-order valence-corrected chi connectivity index (χ2v) is 9.85. The summed E-state index contributed by atoms with van der Waals surface area (Å²) in [5, 5.41) is 30.8. The highest BCUT2D eigenvalue weighted by atomic mass is 16.8. The SMILES string of the molecule is CB(COC(C)(CC(C)(C)O)C(C)(C)O)OB1OC(C)(C)C(C)(C(C)O)O1.